The number of nitrogens with one attached hydrogen (secondary N) is 2. The van der Waals surface area contributed by atoms with Crippen molar-refractivity contribution in [3.63, 3.8) is 0 Å². The number of aliphatic hydroxyl groups is 1. The average molecular weight is 486 g/mol. The van der Waals surface area contributed by atoms with Gasteiger partial charge in [-0.3, -0.25) is 4.79 Å². The van der Waals surface area contributed by atoms with Gasteiger partial charge in [0.25, 0.3) is 11.9 Å². The monoisotopic (exact) mass is 484 g/mol. The van der Waals surface area contributed by atoms with Gasteiger partial charge in [0, 0.05) is 0 Å². The number of fused-ring (bicyclic) bond motifs is 2. The SMILES string of the molecule is O=C(Nc1nc2nc(O[C@@H]3CO[C@H]4[C@@H]3OC[C@H]4O)[nH]c2cc1Cl)c1c(Cl)cccc1Cl. The van der Waals surface area contributed by atoms with E-state index in [1.54, 1.807) is 24.3 Å². The van der Waals surface area contributed by atoms with Gasteiger partial charge in [-0.15, -0.1) is 0 Å². The highest BCUT2D eigenvalue weighted by Gasteiger charge is 2.48. The van der Waals surface area contributed by atoms with Gasteiger partial charge in [-0.2, -0.15) is 4.98 Å². The molecule has 2 saturated heterocycles. The molecular formula is C19H15Cl3N4O5. The molecule has 0 saturated carbocycles. The van der Waals surface area contributed by atoms with Crippen molar-refractivity contribution in [2.24, 2.45) is 0 Å². The third-order valence-electron chi connectivity index (χ3n) is 5.07. The second-order valence-electron chi connectivity index (χ2n) is 7.10. The number of aromatic nitrogens is 3. The van der Waals surface area contributed by atoms with E-state index in [-0.39, 0.29) is 57.4 Å². The second-order valence-corrected chi connectivity index (χ2v) is 8.32. The lowest BCUT2D eigenvalue weighted by Crippen LogP contribution is -2.34. The number of hydrogen-bond donors (Lipinski definition) is 3. The zero-order chi connectivity index (χ0) is 21.7. The van der Waals surface area contributed by atoms with Crippen LogP contribution < -0.4 is 10.1 Å². The highest BCUT2D eigenvalue weighted by molar-refractivity contribution is 6.40. The quantitative estimate of drug-likeness (QED) is 0.520. The average Bonchev–Trinajstić information content (AvgIpc) is 3.39. The Balaban J connectivity index is 1.37. The molecule has 0 spiro atoms. The van der Waals surface area contributed by atoms with Crippen molar-refractivity contribution in [3.8, 4) is 6.01 Å². The van der Waals surface area contributed by atoms with Crippen LogP contribution in [0, 0.1) is 0 Å². The van der Waals surface area contributed by atoms with Crippen LogP contribution in [0.2, 0.25) is 15.1 Å². The lowest BCUT2D eigenvalue weighted by Gasteiger charge is -2.15. The Labute approximate surface area is 190 Å². The molecule has 0 unspecified atom stereocenters. The van der Waals surface area contributed by atoms with Crippen molar-refractivity contribution in [2.75, 3.05) is 18.5 Å². The fourth-order valence-corrected chi connectivity index (χ4v) is 4.38. The number of pyridine rings is 1. The Morgan fingerprint density at radius 2 is 1.87 bits per heavy atom. The molecule has 4 atom stereocenters. The van der Waals surface area contributed by atoms with Crippen LogP contribution in [0.25, 0.3) is 11.2 Å². The molecular weight excluding hydrogens is 471 g/mol. The maximum absolute atomic E-state index is 12.6. The number of benzene rings is 1. The van der Waals surface area contributed by atoms with E-state index < -0.39 is 24.2 Å². The predicted octanol–water partition coefficient (Wildman–Crippen LogP) is 3.08. The molecule has 0 aliphatic carbocycles. The molecule has 12 heteroatoms. The summed E-state index contributed by atoms with van der Waals surface area (Å²) in [6.07, 6.45) is -1.90. The van der Waals surface area contributed by atoms with E-state index in [2.05, 4.69) is 20.3 Å². The summed E-state index contributed by atoms with van der Waals surface area (Å²) < 4.78 is 16.9. The van der Waals surface area contributed by atoms with Crippen LogP contribution in [0.15, 0.2) is 24.3 Å². The highest BCUT2D eigenvalue weighted by atomic mass is 35.5. The zero-order valence-corrected chi connectivity index (χ0v) is 17.9. The van der Waals surface area contributed by atoms with Gasteiger partial charge in [0.2, 0.25) is 0 Å². The van der Waals surface area contributed by atoms with Gasteiger partial charge in [-0.05, 0) is 18.2 Å². The highest BCUT2D eigenvalue weighted by Crippen LogP contribution is 2.31. The smallest absolute Gasteiger partial charge is 0.296 e. The lowest BCUT2D eigenvalue weighted by molar-refractivity contribution is 0.00706. The number of carbonyl (C=O) groups excluding carboxylic acids is 1. The number of ether oxygens (including phenoxy) is 3. The summed E-state index contributed by atoms with van der Waals surface area (Å²) in [7, 11) is 0. The second kappa shape index (κ2) is 8.09. The van der Waals surface area contributed by atoms with E-state index in [1.807, 2.05) is 0 Å². The normalized spacial score (nSPS) is 25.0. The van der Waals surface area contributed by atoms with E-state index in [1.165, 1.54) is 0 Å². The van der Waals surface area contributed by atoms with Crippen LogP contribution in [-0.4, -0.2) is 63.6 Å². The number of rotatable bonds is 4. The Bertz CT molecular complexity index is 1150. The fourth-order valence-electron chi connectivity index (χ4n) is 3.61. The summed E-state index contributed by atoms with van der Waals surface area (Å²) >= 11 is 18.5. The van der Waals surface area contributed by atoms with Gasteiger partial charge in [-0.1, -0.05) is 40.9 Å². The first kappa shape index (κ1) is 20.7. The summed E-state index contributed by atoms with van der Waals surface area (Å²) in [5.74, 6) is -0.456. The summed E-state index contributed by atoms with van der Waals surface area (Å²) in [5, 5.41) is 13.0. The van der Waals surface area contributed by atoms with Crippen LogP contribution >= 0.6 is 34.8 Å². The maximum Gasteiger partial charge on any atom is 0.296 e. The standard InChI is InChI=1S/C19H15Cl3N4O5/c20-7-2-1-3-8(21)13(7)18(28)25-16-9(22)4-10-17(24-16)26-19(23-10)31-12-6-30-14-11(27)5-29-15(12)14/h1-4,11-12,14-15,27H,5-6H2,(H2,23,24,25,26,28)/t11-,12-,14-,15-/m1/s1. The molecule has 31 heavy (non-hydrogen) atoms. The van der Waals surface area contributed by atoms with Crippen molar-refractivity contribution in [2.45, 2.75) is 24.4 Å². The first-order valence-corrected chi connectivity index (χ1v) is 10.4. The van der Waals surface area contributed by atoms with Gasteiger partial charge in [0.15, 0.2) is 17.6 Å². The first-order chi connectivity index (χ1) is 14.9. The van der Waals surface area contributed by atoms with Gasteiger partial charge < -0.3 is 29.6 Å². The molecule has 1 aromatic carbocycles. The van der Waals surface area contributed by atoms with E-state index in [9.17, 15) is 9.90 Å². The predicted molar refractivity (Wildman–Crippen MR) is 113 cm³/mol. The van der Waals surface area contributed by atoms with E-state index in [0.717, 1.165) is 0 Å². The Kier molecular flexibility index (Phi) is 5.41. The van der Waals surface area contributed by atoms with E-state index >= 15 is 0 Å². The number of halogens is 3. The van der Waals surface area contributed by atoms with Gasteiger partial charge in [0.05, 0.1) is 39.4 Å². The number of H-pyrrole nitrogens is 1. The Morgan fingerprint density at radius 3 is 2.65 bits per heavy atom. The molecule has 5 rings (SSSR count). The van der Waals surface area contributed by atoms with Crippen molar-refractivity contribution in [1.82, 2.24) is 15.0 Å². The number of imidazole rings is 1. The molecule has 2 aromatic heterocycles. The topological polar surface area (TPSA) is 119 Å². The molecule has 3 N–H and O–H groups in total. The minimum absolute atomic E-state index is 0.0970. The van der Waals surface area contributed by atoms with Crippen LogP contribution in [0.1, 0.15) is 10.4 Å². The van der Waals surface area contributed by atoms with Crippen molar-refractivity contribution in [3.05, 3.63) is 44.9 Å². The molecule has 2 aliphatic heterocycles. The van der Waals surface area contributed by atoms with Crippen molar-refractivity contribution in [1.29, 1.82) is 0 Å². The molecule has 1 amide bonds. The number of carbonyl (C=O) groups is 1. The number of amides is 1. The van der Waals surface area contributed by atoms with E-state index in [0.29, 0.717) is 5.52 Å². The number of hydrogen-bond acceptors (Lipinski definition) is 7. The van der Waals surface area contributed by atoms with Gasteiger partial charge >= 0.3 is 0 Å². The summed E-state index contributed by atoms with van der Waals surface area (Å²) in [5.41, 5.74) is 0.906. The van der Waals surface area contributed by atoms with Crippen LogP contribution in [-0.2, 0) is 9.47 Å². The molecule has 0 bridgehead atoms. The lowest BCUT2D eigenvalue weighted by atomic mass is 10.1. The fraction of sp³-hybridized carbons (Fsp3) is 0.316. The largest absolute Gasteiger partial charge is 0.456 e. The molecule has 2 fully saturated rings. The Morgan fingerprint density at radius 1 is 1.13 bits per heavy atom. The van der Waals surface area contributed by atoms with Crippen molar-refractivity contribution < 1.29 is 24.1 Å². The Hall–Kier alpha value is -2.14. The minimum Gasteiger partial charge on any atom is -0.456 e. The summed E-state index contributed by atoms with van der Waals surface area (Å²) in [6.45, 7) is 0.461. The molecule has 2 aliphatic rings. The van der Waals surface area contributed by atoms with Crippen LogP contribution in [0.4, 0.5) is 5.82 Å². The number of aromatic amines is 1. The first-order valence-electron chi connectivity index (χ1n) is 9.30. The molecule has 9 nitrogen and oxygen atoms in total. The number of aliphatic hydroxyl groups excluding tert-OH is 1. The van der Waals surface area contributed by atoms with E-state index in [4.69, 9.17) is 49.0 Å². The van der Waals surface area contributed by atoms with Gasteiger partial charge in [0.1, 0.15) is 18.3 Å². The molecule has 4 heterocycles. The minimum atomic E-state index is -0.674. The zero-order valence-electron chi connectivity index (χ0n) is 15.6. The maximum atomic E-state index is 12.6. The third kappa shape index (κ3) is 3.82. The summed E-state index contributed by atoms with van der Waals surface area (Å²) in [6, 6.07) is 6.51. The third-order valence-corrected chi connectivity index (χ3v) is 5.99. The molecule has 0 radical (unpaired) electrons. The van der Waals surface area contributed by atoms with Crippen LogP contribution in [0.5, 0.6) is 6.01 Å². The van der Waals surface area contributed by atoms with Crippen molar-refractivity contribution >= 4 is 57.7 Å². The van der Waals surface area contributed by atoms with Crippen LogP contribution in [0.3, 0.4) is 0 Å². The van der Waals surface area contributed by atoms with Gasteiger partial charge in [-0.25, -0.2) is 4.98 Å². The number of anilines is 1. The molecule has 3 aromatic rings. The summed E-state index contributed by atoms with van der Waals surface area (Å²) in [4.78, 5) is 24.2. The number of nitrogens with zero attached hydrogens (tertiary/aromatic N) is 2. The molecule has 162 valence electrons.